The average molecular weight is 358 g/mol. The van der Waals surface area contributed by atoms with Crippen LogP contribution in [0.4, 0.5) is 11.4 Å². The molecule has 0 aliphatic carbocycles. The van der Waals surface area contributed by atoms with Crippen LogP contribution in [0.3, 0.4) is 0 Å². The summed E-state index contributed by atoms with van der Waals surface area (Å²) in [4.78, 5) is 15.1. The Balaban J connectivity index is 0.00000182. The van der Waals surface area contributed by atoms with Crippen molar-refractivity contribution in [3.63, 3.8) is 0 Å². The minimum absolute atomic E-state index is 0. The Morgan fingerprint density at radius 3 is 2.52 bits per heavy atom. The van der Waals surface area contributed by atoms with Crippen LogP contribution >= 0.6 is 12.4 Å². The molecule has 25 heavy (non-hydrogen) atoms. The molecule has 0 spiro atoms. The van der Waals surface area contributed by atoms with E-state index in [1.54, 1.807) is 0 Å². The summed E-state index contributed by atoms with van der Waals surface area (Å²) in [5.41, 5.74) is 2.62. The summed E-state index contributed by atoms with van der Waals surface area (Å²) in [6, 6.07) is 18.8. The van der Waals surface area contributed by atoms with Crippen molar-refractivity contribution < 1.29 is 4.79 Å². The molecule has 2 aliphatic rings. The van der Waals surface area contributed by atoms with E-state index in [2.05, 4.69) is 10.6 Å². The number of para-hydroxylation sites is 2. The van der Waals surface area contributed by atoms with Gasteiger partial charge >= 0.3 is 0 Å². The first kappa shape index (κ1) is 17.8. The fourth-order valence-electron chi connectivity index (χ4n) is 3.75. The number of carbonyl (C=O) groups is 1. The lowest BCUT2D eigenvalue weighted by Gasteiger charge is -2.25. The van der Waals surface area contributed by atoms with Crippen molar-refractivity contribution in [2.24, 2.45) is 0 Å². The molecule has 1 amide bonds. The van der Waals surface area contributed by atoms with Crippen LogP contribution < -0.4 is 10.6 Å². The maximum absolute atomic E-state index is 13.1. The van der Waals surface area contributed by atoms with Gasteiger partial charge < -0.3 is 15.5 Å². The van der Waals surface area contributed by atoms with Crippen LogP contribution in [0, 0.1) is 0 Å². The van der Waals surface area contributed by atoms with Crippen molar-refractivity contribution in [3.8, 4) is 0 Å². The summed E-state index contributed by atoms with van der Waals surface area (Å²) >= 11 is 0. The van der Waals surface area contributed by atoms with Crippen LogP contribution in [0.25, 0.3) is 0 Å². The smallest absolute Gasteiger partial charge is 0.256 e. The molecule has 2 aromatic rings. The Labute approximate surface area is 155 Å². The van der Waals surface area contributed by atoms with Crippen molar-refractivity contribution in [1.82, 2.24) is 10.2 Å². The second-order valence-corrected chi connectivity index (χ2v) is 6.71. The van der Waals surface area contributed by atoms with E-state index in [1.807, 2.05) is 59.5 Å². The number of carbonyl (C=O) groups excluding carboxylic acids is 1. The highest BCUT2D eigenvalue weighted by atomic mass is 35.5. The average Bonchev–Trinajstić information content (AvgIpc) is 2.95. The maximum Gasteiger partial charge on any atom is 0.256 e. The van der Waals surface area contributed by atoms with Crippen LogP contribution in [0.1, 0.15) is 29.6 Å². The third-order valence-corrected chi connectivity index (χ3v) is 5.02. The SMILES string of the molecule is Cl.O=C(c1ccccc1Nc1ccccc1)N1CCC2CCC(C1)N2. The number of nitrogens with one attached hydrogen (secondary N) is 2. The van der Waals surface area contributed by atoms with Crippen LogP contribution in [0.2, 0.25) is 0 Å². The summed E-state index contributed by atoms with van der Waals surface area (Å²) < 4.78 is 0. The van der Waals surface area contributed by atoms with Gasteiger partial charge in [0, 0.05) is 30.9 Å². The second-order valence-electron chi connectivity index (χ2n) is 6.71. The van der Waals surface area contributed by atoms with Gasteiger partial charge in [0.2, 0.25) is 0 Å². The summed E-state index contributed by atoms with van der Waals surface area (Å²) in [5, 5.41) is 7.01. The van der Waals surface area contributed by atoms with Gasteiger partial charge in [-0.1, -0.05) is 30.3 Å². The lowest BCUT2D eigenvalue weighted by atomic mass is 10.1. The predicted molar refractivity (Wildman–Crippen MR) is 104 cm³/mol. The number of hydrogen-bond donors (Lipinski definition) is 2. The fourth-order valence-corrected chi connectivity index (χ4v) is 3.75. The normalized spacial score (nSPS) is 22.0. The van der Waals surface area contributed by atoms with E-state index in [0.717, 1.165) is 36.4 Å². The number of likely N-dealkylation sites (tertiary alicyclic amines) is 1. The molecule has 132 valence electrons. The molecule has 2 fully saturated rings. The third kappa shape index (κ3) is 3.97. The number of halogens is 1. The number of benzene rings is 2. The van der Waals surface area contributed by atoms with Crippen LogP contribution in [-0.4, -0.2) is 36.0 Å². The monoisotopic (exact) mass is 357 g/mol. The zero-order valence-corrected chi connectivity index (χ0v) is 15.0. The quantitative estimate of drug-likeness (QED) is 0.877. The largest absolute Gasteiger partial charge is 0.355 e. The van der Waals surface area contributed by atoms with Gasteiger partial charge in [-0.3, -0.25) is 4.79 Å². The zero-order valence-electron chi connectivity index (χ0n) is 14.2. The molecule has 0 saturated carbocycles. The number of rotatable bonds is 3. The highest BCUT2D eigenvalue weighted by Gasteiger charge is 2.31. The Bertz CT molecular complexity index is 722. The molecule has 0 aromatic heterocycles. The molecular weight excluding hydrogens is 334 g/mol. The van der Waals surface area contributed by atoms with Crippen molar-refractivity contribution in [1.29, 1.82) is 0 Å². The zero-order chi connectivity index (χ0) is 16.4. The first-order valence-electron chi connectivity index (χ1n) is 8.76. The summed E-state index contributed by atoms with van der Waals surface area (Å²) in [6.45, 7) is 1.65. The van der Waals surface area contributed by atoms with Gasteiger partial charge in [-0.2, -0.15) is 0 Å². The number of fused-ring (bicyclic) bond motifs is 2. The molecular formula is C20H24ClN3O. The van der Waals surface area contributed by atoms with Crippen molar-refractivity contribution in [2.45, 2.75) is 31.3 Å². The molecule has 2 aliphatic heterocycles. The molecule has 5 heteroatoms. The Morgan fingerprint density at radius 1 is 0.960 bits per heavy atom. The van der Waals surface area contributed by atoms with Gasteiger partial charge in [-0.05, 0) is 43.5 Å². The van der Waals surface area contributed by atoms with Gasteiger partial charge in [0.1, 0.15) is 0 Å². The molecule has 2 saturated heterocycles. The minimum Gasteiger partial charge on any atom is -0.355 e. The standard InChI is InChI=1S/C20H23N3O.ClH/c24-20(23-13-12-16-10-11-17(14-23)21-16)18-8-4-5-9-19(18)22-15-6-2-1-3-7-15;/h1-9,16-17,21-22H,10-14H2;1H. The summed E-state index contributed by atoms with van der Waals surface area (Å²) in [7, 11) is 0. The Hall–Kier alpha value is -2.04. The van der Waals surface area contributed by atoms with E-state index >= 15 is 0 Å². The Morgan fingerprint density at radius 2 is 1.68 bits per heavy atom. The van der Waals surface area contributed by atoms with Gasteiger partial charge in [0.05, 0.1) is 11.3 Å². The van der Waals surface area contributed by atoms with Gasteiger partial charge in [0.15, 0.2) is 0 Å². The maximum atomic E-state index is 13.1. The molecule has 0 radical (unpaired) electrons. The molecule has 2 unspecified atom stereocenters. The first-order chi connectivity index (χ1) is 11.8. The molecule has 2 N–H and O–H groups in total. The first-order valence-corrected chi connectivity index (χ1v) is 8.76. The predicted octanol–water partition coefficient (Wildman–Crippen LogP) is 3.82. The summed E-state index contributed by atoms with van der Waals surface area (Å²) in [5.74, 6) is 0.128. The highest BCUT2D eigenvalue weighted by Crippen LogP contribution is 2.25. The van der Waals surface area contributed by atoms with E-state index in [0.29, 0.717) is 12.1 Å². The number of amides is 1. The molecule has 4 nitrogen and oxygen atoms in total. The van der Waals surface area contributed by atoms with Crippen molar-refractivity contribution in [3.05, 3.63) is 60.2 Å². The van der Waals surface area contributed by atoms with E-state index in [4.69, 9.17) is 0 Å². The fraction of sp³-hybridized carbons (Fsp3) is 0.350. The van der Waals surface area contributed by atoms with Crippen molar-refractivity contribution >= 4 is 29.7 Å². The topological polar surface area (TPSA) is 44.4 Å². The number of hydrogen-bond acceptors (Lipinski definition) is 3. The van der Waals surface area contributed by atoms with Crippen molar-refractivity contribution in [2.75, 3.05) is 18.4 Å². The lowest BCUT2D eigenvalue weighted by molar-refractivity contribution is 0.0749. The molecule has 2 atom stereocenters. The van der Waals surface area contributed by atoms with Gasteiger partial charge in [0.25, 0.3) is 5.91 Å². The van der Waals surface area contributed by atoms with Gasteiger partial charge in [-0.25, -0.2) is 0 Å². The summed E-state index contributed by atoms with van der Waals surface area (Å²) in [6.07, 6.45) is 3.48. The van der Waals surface area contributed by atoms with Crippen LogP contribution in [0.5, 0.6) is 0 Å². The second kappa shape index (κ2) is 7.89. The molecule has 2 aromatic carbocycles. The Kier molecular flexibility index (Phi) is 5.61. The molecule has 4 rings (SSSR count). The van der Waals surface area contributed by atoms with E-state index < -0.39 is 0 Å². The van der Waals surface area contributed by atoms with E-state index in [-0.39, 0.29) is 18.3 Å². The van der Waals surface area contributed by atoms with E-state index in [9.17, 15) is 4.79 Å². The minimum atomic E-state index is 0. The molecule has 2 bridgehead atoms. The highest BCUT2D eigenvalue weighted by molar-refractivity contribution is 6.00. The lowest BCUT2D eigenvalue weighted by Crippen LogP contribution is -2.39. The van der Waals surface area contributed by atoms with Crippen LogP contribution in [0.15, 0.2) is 54.6 Å². The number of nitrogens with zero attached hydrogens (tertiary/aromatic N) is 1. The molecule has 2 heterocycles. The van der Waals surface area contributed by atoms with E-state index in [1.165, 1.54) is 12.8 Å². The third-order valence-electron chi connectivity index (χ3n) is 5.02. The van der Waals surface area contributed by atoms with Gasteiger partial charge in [-0.15, -0.1) is 12.4 Å². The number of anilines is 2. The van der Waals surface area contributed by atoms with Crippen LogP contribution in [-0.2, 0) is 0 Å².